The molecular weight excluding hydrogens is 486 g/mol. The van der Waals surface area contributed by atoms with Gasteiger partial charge in [-0.15, -0.1) is 0 Å². The van der Waals surface area contributed by atoms with E-state index in [1.165, 1.54) is 4.90 Å². The largest absolute Gasteiger partial charge is 0.353 e. The maximum Gasteiger partial charge on any atom is 0.254 e. The first-order chi connectivity index (χ1) is 16.7. The molecule has 2 aliphatic rings. The van der Waals surface area contributed by atoms with E-state index in [4.69, 9.17) is 11.6 Å². The minimum absolute atomic E-state index is 0.183. The number of piperazine rings is 1. The summed E-state index contributed by atoms with van der Waals surface area (Å²) in [5.74, 6) is 0.369. The van der Waals surface area contributed by atoms with Crippen molar-refractivity contribution in [2.75, 3.05) is 45.2 Å². The minimum Gasteiger partial charge on any atom is -0.353 e. The third-order valence-corrected chi connectivity index (χ3v) is 9.51. The Morgan fingerprint density at radius 2 is 1.77 bits per heavy atom. The number of rotatable bonds is 5. The summed E-state index contributed by atoms with van der Waals surface area (Å²) in [5, 5.41) is 9.87. The number of sulfonamides is 1. The summed E-state index contributed by atoms with van der Waals surface area (Å²) in [6, 6.07) is 9.14. The molecule has 4 rings (SSSR count). The number of aromatic nitrogens is 1. The number of carbonyl (C=O) groups excluding carboxylic acids is 1. The van der Waals surface area contributed by atoms with Gasteiger partial charge in [-0.2, -0.15) is 9.57 Å². The summed E-state index contributed by atoms with van der Waals surface area (Å²) in [6.07, 6.45) is 6.25. The lowest BCUT2D eigenvalue weighted by Crippen LogP contribution is -2.51. The molecule has 1 aromatic carbocycles. The van der Waals surface area contributed by atoms with E-state index >= 15 is 0 Å². The quantitative estimate of drug-likeness (QED) is 0.601. The lowest BCUT2D eigenvalue weighted by Gasteiger charge is -2.37. The molecule has 1 saturated heterocycles. The van der Waals surface area contributed by atoms with Gasteiger partial charge in [0.2, 0.25) is 10.0 Å². The predicted octanol–water partition coefficient (Wildman–Crippen LogP) is 3.76. The van der Waals surface area contributed by atoms with Crippen LogP contribution in [-0.4, -0.2) is 74.0 Å². The maximum atomic E-state index is 13.0. The number of amides is 1. The van der Waals surface area contributed by atoms with Crippen molar-refractivity contribution in [2.24, 2.45) is 0 Å². The molecule has 2 aromatic rings. The SMILES string of the molecule is CN(C)C(=O)c1ccc(-c2cnc(N3CCN(S(=O)(=O)C4CCCCC4)CC3)c(C#N)c2)cc1Cl. The Morgan fingerprint density at radius 1 is 1.09 bits per heavy atom. The maximum absolute atomic E-state index is 13.0. The normalized spacial score (nSPS) is 17.7. The van der Waals surface area contributed by atoms with Crippen LogP contribution >= 0.6 is 11.6 Å². The molecule has 1 aliphatic heterocycles. The van der Waals surface area contributed by atoms with Crippen LogP contribution in [0.5, 0.6) is 0 Å². The fourth-order valence-corrected chi connectivity index (χ4v) is 7.07. The van der Waals surface area contributed by atoms with E-state index < -0.39 is 10.0 Å². The van der Waals surface area contributed by atoms with Gasteiger partial charge >= 0.3 is 0 Å². The van der Waals surface area contributed by atoms with Gasteiger partial charge in [0.15, 0.2) is 0 Å². The number of nitriles is 1. The number of hydrogen-bond acceptors (Lipinski definition) is 6. The molecule has 35 heavy (non-hydrogen) atoms. The average molecular weight is 516 g/mol. The molecule has 1 aromatic heterocycles. The van der Waals surface area contributed by atoms with E-state index in [9.17, 15) is 18.5 Å². The van der Waals surface area contributed by atoms with Crippen LogP contribution < -0.4 is 4.90 Å². The first kappa shape index (κ1) is 25.4. The van der Waals surface area contributed by atoms with E-state index in [1.807, 2.05) is 4.90 Å². The highest BCUT2D eigenvalue weighted by molar-refractivity contribution is 7.89. The predicted molar refractivity (Wildman–Crippen MR) is 137 cm³/mol. The second-order valence-corrected chi connectivity index (χ2v) is 11.9. The average Bonchev–Trinajstić information content (AvgIpc) is 2.88. The number of benzene rings is 1. The van der Waals surface area contributed by atoms with E-state index in [1.54, 1.807) is 48.9 Å². The second-order valence-electron chi connectivity index (χ2n) is 9.29. The third kappa shape index (κ3) is 5.30. The highest BCUT2D eigenvalue weighted by Crippen LogP contribution is 2.31. The number of pyridine rings is 1. The van der Waals surface area contributed by atoms with E-state index in [2.05, 4.69) is 11.1 Å². The van der Waals surface area contributed by atoms with Gasteiger partial charge in [0.1, 0.15) is 11.9 Å². The molecule has 10 heteroatoms. The van der Waals surface area contributed by atoms with Gasteiger partial charge in [-0.05, 0) is 36.6 Å². The van der Waals surface area contributed by atoms with Crippen LogP contribution in [0, 0.1) is 11.3 Å². The number of anilines is 1. The van der Waals surface area contributed by atoms with E-state index in [0.717, 1.165) is 43.2 Å². The van der Waals surface area contributed by atoms with E-state index in [-0.39, 0.29) is 11.2 Å². The monoisotopic (exact) mass is 515 g/mol. The van der Waals surface area contributed by atoms with Crippen LogP contribution in [0.1, 0.15) is 48.0 Å². The van der Waals surface area contributed by atoms with Crippen LogP contribution in [0.25, 0.3) is 11.1 Å². The van der Waals surface area contributed by atoms with Crippen LogP contribution in [0.3, 0.4) is 0 Å². The number of carbonyl (C=O) groups is 1. The molecule has 2 fully saturated rings. The lowest BCUT2D eigenvalue weighted by atomic mass is 10.0. The molecule has 0 spiro atoms. The molecule has 0 unspecified atom stereocenters. The number of hydrogen-bond donors (Lipinski definition) is 0. The van der Waals surface area contributed by atoms with Gasteiger partial charge in [0, 0.05) is 52.0 Å². The van der Waals surface area contributed by atoms with Crippen molar-refractivity contribution in [1.29, 1.82) is 5.26 Å². The molecule has 0 bridgehead atoms. The molecule has 2 heterocycles. The Bertz CT molecular complexity index is 1240. The fourth-order valence-electron chi connectivity index (χ4n) is 4.79. The standard InChI is InChI=1S/C25H30ClN5O3S/c1-29(2)25(32)22-9-8-18(15-23(22)26)20-14-19(16-27)24(28-17-20)30-10-12-31(13-11-30)35(33,34)21-6-4-3-5-7-21/h8-9,14-15,17,21H,3-7,10-13H2,1-2H3. The van der Waals surface area contributed by atoms with Gasteiger partial charge in [-0.3, -0.25) is 4.79 Å². The Morgan fingerprint density at radius 3 is 2.37 bits per heavy atom. The Kier molecular flexibility index (Phi) is 7.64. The molecule has 8 nitrogen and oxygen atoms in total. The van der Waals surface area contributed by atoms with Crippen molar-refractivity contribution >= 4 is 33.3 Å². The Labute approximate surface area is 212 Å². The van der Waals surface area contributed by atoms with Crippen molar-refractivity contribution in [2.45, 2.75) is 37.4 Å². The second kappa shape index (κ2) is 10.5. The summed E-state index contributed by atoms with van der Waals surface area (Å²) >= 11 is 6.36. The highest BCUT2D eigenvalue weighted by atomic mass is 35.5. The Hall–Kier alpha value is -2.67. The van der Waals surface area contributed by atoms with Gasteiger partial charge in [0.05, 0.1) is 21.4 Å². The van der Waals surface area contributed by atoms with Crippen molar-refractivity contribution in [1.82, 2.24) is 14.2 Å². The molecule has 1 saturated carbocycles. The molecule has 1 aliphatic carbocycles. The van der Waals surface area contributed by atoms with Crippen LogP contribution in [0.4, 0.5) is 5.82 Å². The fraction of sp³-hybridized carbons (Fsp3) is 0.480. The van der Waals surface area contributed by atoms with Crippen molar-refractivity contribution in [3.05, 3.63) is 46.6 Å². The smallest absolute Gasteiger partial charge is 0.254 e. The van der Waals surface area contributed by atoms with Crippen LogP contribution in [0.2, 0.25) is 5.02 Å². The molecule has 0 atom stereocenters. The molecular formula is C25H30ClN5O3S. The summed E-state index contributed by atoms with van der Waals surface area (Å²) in [5.41, 5.74) is 2.29. The molecule has 0 N–H and O–H groups in total. The highest BCUT2D eigenvalue weighted by Gasteiger charge is 2.35. The summed E-state index contributed by atoms with van der Waals surface area (Å²) < 4.78 is 27.7. The lowest BCUT2D eigenvalue weighted by molar-refractivity contribution is 0.0828. The van der Waals surface area contributed by atoms with Crippen molar-refractivity contribution in [3.63, 3.8) is 0 Å². The first-order valence-electron chi connectivity index (χ1n) is 11.9. The molecule has 186 valence electrons. The summed E-state index contributed by atoms with van der Waals surface area (Å²) in [4.78, 5) is 20.2. The van der Waals surface area contributed by atoms with Crippen LogP contribution in [0.15, 0.2) is 30.5 Å². The van der Waals surface area contributed by atoms with Crippen LogP contribution in [-0.2, 0) is 10.0 Å². The van der Waals surface area contributed by atoms with Crippen molar-refractivity contribution in [3.8, 4) is 17.2 Å². The summed E-state index contributed by atoms with van der Waals surface area (Å²) in [6.45, 7) is 1.76. The van der Waals surface area contributed by atoms with Gasteiger partial charge in [0.25, 0.3) is 5.91 Å². The van der Waals surface area contributed by atoms with Gasteiger partial charge in [-0.25, -0.2) is 13.4 Å². The van der Waals surface area contributed by atoms with Gasteiger partial charge in [-0.1, -0.05) is 36.9 Å². The topological polar surface area (TPSA) is 97.6 Å². The van der Waals surface area contributed by atoms with Crippen molar-refractivity contribution < 1.29 is 13.2 Å². The zero-order chi connectivity index (χ0) is 25.2. The molecule has 1 amide bonds. The third-order valence-electron chi connectivity index (χ3n) is 6.80. The minimum atomic E-state index is -3.29. The number of halogens is 1. The Balaban J connectivity index is 1.49. The number of nitrogens with zero attached hydrogens (tertiary/aromatic N) is 5. The van der Waals surface area contributed by atoms with E-state index in [0.29, 0.717) is 48.1 Å². The zero-order valence-electron chi connectivity index (χ0n) is 20.1. The zero-order valence-corrected chi connectivity index (χ0v) is 21.6. The molecule has 0 radical (unpaired) electrons. The van der Waals surface area contributed by atoms with Gasteiger partial charge < -0.3 is 9.80 Å². The summed E-state index contributed by atoms with van der Waals surface area (Å²) in [7, 11) is 0.0460. The first-order valence-corrected chi connectivity index (χ1v) is 13.8.